The monoisotopic (exact) mass is 307 g/mol. The van der Waals surface area contributed by atoms with Gasteiger partial charge in [-0.3, -0.25) is 9.48 Å². The van der Waals surface area contributed by atoms with Gasteiger partial charge < -0.3 is 10.1 Å². The average Bonchev–Trinajstić information content (AvgIpc) is 3.14. The molecule has 0 fully saturated rings. The van der Waals surface area contributed by atoms with E-state index in [1.165, 1.54) is 7.11 Å². The molecule has 0 aliphatic rings. The van der Waals surface area contributed by atoms with Crippen LogP contribution in [0, 0.1) is 0 Å². The molecule has 0 amide bonds. The van der Waals surface area contributed by atoms with E-state index in [0.717, 1.165) is 10.4 Å². The van der Waals surface area contributed by atoms with Crippen LogP contribution in [0.25, 0.3) is 0 Å². The van der Waals surface area contributed by atoms with Crippen molar-refractivity contribution < 1.29 is 9.53 Å². The molecular formula is C15H21N3O2S. The Kier molecular flexibility index (Phi) is 5.52. The zero-order valence-corrected chi connectivity index (χ0v) is 13.4. The SMILES string of the molecule is COC(=O)CC(NCc1cnn(C(C)C)c1)c1cccs1. The molecule has 0 aromatic carbocycles. The number of hydrogen-bond donors (Lipinski definition) is 1. The van der Waals surface area contributed by atoms with Gasteiger partial charge in [0.2, 0.25) is 0 Å². The molecule has 6 heteroatoms. The quantitative estimate of drug-likeness (QED) is 0.799. The van der Waals surface area contributed by atoms with Crippen molar-refractivity contribution in [2.45, 2.75) is 38.9 Å². The van der Waals surface area contributed by atoms with Crippen molar-refractivity contribution in [3.63, 3.8) is 0 Å². The van der Waals surface area contributed by atoms with Gasteiger partial charge >= 0.3 is 5.97 Å². The van der Waals surface area contributed by atoms with Crippen LogP contribution in [0.15, 0.2) is 29.9 Å². The maximum Gasteiger partial charge on any atom is 0.307 e. The standard InChI is InChI=1S/C15H21N3O2S/c1-11(2)18-10-12(9-17-18)8-16-13(7-15(19)20-3)14-5-4-6-21-14/h4-6,9-11,13,16H,7-8H2,1-3H3. The summed E-state index contributed by atoms with van der Waals surface area (Å²) in [4.78, 5) is 12.7. The highest BCUT2D eigenvalue weighted by Gasteiger charge is 2.17. The topological polar surface area (TPSA) is 56.1 Å². The van der Waals surface area contributed by atoms with E-state index in [4.69, 9.17) is 4.74 Å². The molecule has 0 aliphatic heterocycles. The van der Waals surface area contributed by atoms with Crippen molar-refractivity contribution >= 4 is 17.3 Å². The lowest BCUT2D eigenvalue weighted by molar-refractivity contribution is -0.141. The molecular weight excluding hydrogens is 286 g/mol. The number of nitrogens with zero attached hydrogens (tertiary/aromatic N) is 2. The van der Waals surface area contributed by atoms with Crippen molar-refractivity contribution in [3.8, 4) is 0 Å². The van der Waals surface area contributed by atoms with Crippen LogP contribution in [0.4, 0.5) is 0 Å². The molecule has 0 spiro atoms. The van der Waals surface area contributed by atoms with Gasteiger partial charge in [-0.2, -0.15) is 5.10 Å². The highest BCUT2D eigenvalue weighted by Crippen LogP contribution is 2.23. The number of carbonyl (C=O) groups is 1. The van der Waals surface area contributed by atoms with Gasteiger partial charge in [-0.15, -0.1) is 11.3 Å². The summed E-state index contributed by atoms with van der Waals surface area (Å²) >= 11 is 1.64. The van der Waals surface area contributed by atoms with Crippen molar-refractivity contribution in [1.29, 1.82) is 0 Å². The van der Waals surface area contributed by atoms with E-state index in [0.29, 0.717) is 19.0 Å². The van der Waals surface area contributed by atoms with Crippen molar-refractivity contribution in [2.24, 2.45) is 0 Å². The third-order valence-electron chi connectivity index (χ3n) is 3.22. The predicted octanol–water partition coefficient (Wildman–Crippen LogP) is 2.92. The van der Waals surface area contributed by atoms with Gasteiger partial charge in [0.1, 0.15) is 0 Å². The summed E-state index contributed by atoms with van der Waals surface area (Å²) in [5, 5.41) is 9.75. The second kappa shape index (κ2) is 7.38. The van der Waals surface area contributed by atoms with E-state index >= 15 is 0 Å². The summed E-state index contributed by atoms with van der Waals surface area (Å²) < 4.78 is 6.70. The van der Waals surface area contributed by atoms with Crippen LogP contribution in [-0.2, 0) is 16.1 Å². The first-order valence-corrected chi connectivity index (χ1v) is 7.84. The molecule has 5 nitrogen and oxygen atoms in total. The molecule has 21 heavy (non-hydrogen) atoms. The van der Waals surface area contributed by atoms with Crippen molar-refractivity contribution in [1.82, 2.24) is 15.1 Å². The molecule has 0 saturated carbocycles. The van der Waals surface area contributed by atoms with Gasteiger partial charge in [-0.1, -0.05) is 6.07 Å². The van der Waals surface area contributed by atoms with Crippen molar-refractivity contribution in [3.05, 3.63) is 40.3 Å². The van der Waals surface area contributed by atoms with E-state index in [9.17, 15) is 4.79 Å². The number of hydrogen-bond acceptors (Lipinski definition) is 5. The van der Waals surface area contributed by atoms with Gasteiger partial charge in [0.15, 0.2) is 0 Å². The van der Waals surface area contributed by atoms with Crippen molar-refractivity contribution in [2.75, 3.05) is 7.11 Å². The molecule has 1 unspecified atom stereocenters. The lowest BCUT2D eigenvalue weighted by atomic mass is 10.1. The molecule has 0 radical (unpaired) electrons. The molecule has 0 saturated heterocycles. The highest BCUT2D eigenvalue weighted by molar-refractivity contribution is 7.10. The molecule has 2 aromatic heterocycles. The van der Waals surface area contributed by atoms with Crippen LogP contribution in [0.5, 0.6) is 0 Å². The Labute approximate surface area is 128 Å². The summed E-state index contributed by atoms with van der Waals surface area (Å²) in [5.41, 5.74) is 1.11. The number of esters is 1. The summed E-state index contributed by atoms with van der Waals surface area (Å²) in [6.07, 6.45) is 4.22. The van der Waals surface area contributed by atoms with Crippen LogP contribution < -0.4 is 5.32 Å². The minimum absolute atomic E-state index is 0.0279. The first kappa shape index (κ1) is 15.7. The minimum Gasteiger partial charge on any atom is -0.469 e. The molecule has 2 aromatic rings. The molecule has 0 bridgehead atoms. The largest absolute Gasteiger partial charge is 0.469 e. The zero-order chi connectivity index (χ0) is 15.2. The van der Waals surface area contributed by atoms with E-state index in [1.54, 1.807) is 11.3 Å². The third kappa shape index (κ3) is 4.41. The maximum absolute atomic E-state index is 11.5. The predicted molar refractivity (Wildman–Crippen MR) is 83.1 cm³/mol. The molecule has 1 atom stereocenters. The fourth-order valence-electron chi connectivity index (χ4n) is 2.01. The van der Waals surface area contributed by atoms with Gasteiger partial charge in [0.25, 0.3) is 0 Å². The Morgan fingerprint density at radius 1 is 1.52 bits per heavy atom. The van der Waals surface area contributed by atoms with Crippen LogP contribution in [0.1, 0.15) is 42.8 Å². The Morgan fingerprint density at radius 3 is 2.90 bits per heavy atom. The number of methoxy groups -OCH3 is 1. The van der Waals surface area contributed by atoms with Gasteiger partial charge in [0, 0.05) is 29.2 Å². The second-order valence-electron chi connectivity index (χ2n) is 5.15. The minimum atomic E-state index is -0.209. The van der Waals surface area contributed by atoms with E-state index in [1.807, 2.05) is 34.6 Å². The van der Waals surface area contributed by atoms with Crippen LogP contribution >= 0.6 is 11.3 Å². The normalized spacial score (nSPS) is 12.6. The molecule has 2 heterocycles. The molecule has 1 N–H and O–H groups in total. The fourth-order valence-corrected chi connectivity index (χ4v) is 2.81. The number of aromatic nitrogens is 2. The number of ether oxygens (including phenoxy) is 1. The highest BCUT2D eigenvalue weighted by atomic mass is 32.1. The lowest BCUT2D eigenvalue weighted by Crippen LogP contribution is -2.23. The molecule has 114 valence electrons. The number of thiophene rings is 1. The van der Waals surface area contributed by atoms with Gasteiger partial charge in [0.05, 0.1) is 25.8 Å². The summed E-state index contributed by atoms with van der Waals surface area (Å²) in [5.74, 6) is -0.209. The van der Waals surface area contributed by atoms with E-state index in [-0.39, 0.29) is 12.0 Å². The number of nitrogens with one attached hydrogen (secondary N) is 1. The van der Waals surface area contributed by atoms with E-state index in [2.05, 4.69) is 24.3 Å². The first-order chi connectivity index (χ1) is 10.1. The molecule has 0 aliphatic carbocycles. The third-order valence-corrected chi connectivity index (χ3v) is 4.21. The Morgan fingerprint density at radius 2 is 2.33 bits per heavy atom. The zero-order valence-electron chi connectivity index (χ0n) is 12.6. The second-order valence-corrected chi connectivity index (χ2v) is 6.13. The fraction of sp³-hybridized carbons (Fsp3) is 0.467. The summed E-state index contributed by atoms with van der Waals surface area (Å²) in [6.45, 7) is 4.86. The maximum atomic E-state index is 11.5. The van der Waals surface area contributed by atoms with Gasteiger partial charge in [-0.05, 0) is 25.3 Å². The Hall–Kier alpha value is -1.66. The average molecular weight is 307 g/mol. The van der Waals surface area contributed by atoms with Crippen LogP contribution in [0.2, 0.25) is 0 Å². The van der Waals surface area contributed by atoms with Crippen LogP contribution in [0.3, 0.4) is 0 Å². The first-order valence-electron chi connectivity index (χ1n) is 6.96. The Bertz CT molecular complexity index is 563. The number of carbonyl (C=O) groups excluding carboxylic acids is 1. The van der Waals surface area contributed by atoms with Crippen LogP contribution in [-0.4, -0.2) is 22.9 Å². The Balaban J connectivity index is 1.99. The summed E-state index contributed by atoms with van der Waals surface area (Å²) in [7, 11) is 1.42. The number of rotatable bonds is 7. The van der Waals surface area contributed by atoms with E-state index < -0.39 is 0 Å². The summed E-state index contributed by atoms with van der Waals surface area (Å²) in [6, 6.07) is 4.34. The van der Waals surface area contributed by atoms with Gasteiger partial charge in [-0.25, -0.2) is 0 Å². The lowest BCUT2D eigenvalue weighted by Gasteiger charge is -2.15. The smallest absolute Gasteiger partial charge is 0.307 e. The molecule has 2 rings (SSSR count).